The van der Waals surface area contributed by atoms with Crippen LogP contribution in [0.15, 0.2) is 10.4 Å². The van der Waals surface area contributed by atoms with Gasteiger partial charge in [-0.25, -0.2) is 9.78 Å². The molecule has 3 N–H and O–H groups in total. The second-order valence-electron chi connectivity index (χ2n) is 5.74. The zero-order valence-electron chi connectivity index (χ0n) is 14.5. The van der Waals surface area contributed by atoms with Crippen LogP contribution in [0.3, 0.4) is 0 Å². The third-order valence-corrected chi connectivity index (χ3v) is 4.58. The summed E-state index contributed by atoms with van der Waals surface area (Å²) in [6, 6.07) is -0.0932. The minimum Gasteiger partial charge on any atom is -0.450 e. The van der Waals surface area contributed by atoms with Gasteiger partial charge in [0.15, 0.2) is 11.7 Å². The smallest absolute Gasteiger partial charge is 0.434 e. The third kappa shape index (κ3) is 6.36. The molecule has 0 saturated heterocycles. The summed E-state index contributed by atoms with van der Waals surface area (Å²) in [7, 11) is 1.56. The topological polar surface area (TPSA) is 87.6 Å². The van der Waals surface area contributed by atoms with E-state index in [9.17, 15) is 18.0 Å². The SMILES string of the molecule is CCOC(=O)NC(CNC(=NC)NCc1nc(C(F)(F)F)cs1)C1CC1. The van der Waals surface area contributed by atoms with Crippen molar-refractivity contribution in [3.8, 4) is 0 Å². The Morgan fingerprint density at radius 3 is 2.73 bits per heavy atom. The highest BCUT2D eigenvalue weighted by Crippen LogP contribution is 2.32. The number of hydrogen-bond donors (Lipinski definition) is 3. The van der Waals surface area contributed by atoms with E-state index < -0.39 is 18.0 Å². The van der Waals surface area contributed by atoms with Gasteiger partial charge in [0.05, 0.1) is 19.2 Å². The van der Waals surface area contributed by atoms with Crippen LogP contribution in [0.5, 0.6) is 0 Å². The molecule has 11 heteroatoms. The van der Waals surface area contributed by atoms with Crippen LogP contribution in [0.25, 0.3) is 0 Å². The fourth-order valence-electron chi connectivity index (χ4n) is 2.27. The van der Waals surface area contributed by atoms with E-state index in [1.165, 1.54) is 0 Å². The molecular weight excluding hydrogens is 371 g/mol. The van der Waals surface area contributed by atoms with Crippen LogP contribution in [0.2, 0.25) is 0 Å². The molecular formula is C15H22F3N5O2S. The zero-order chi connectivity index (χ0) is 19.2. The second kappa shape index (κ2) is 9.06. The maximum Gasteiger partial charge on any atom is 0.434 e. The van der Waals surface area contributed by atoms with Crippen molar-refractivity contribution in [2.24, 2.45) is 10.9 Å². The summed E-state index contributed by atoms with van der Waals surface area (Å²) in [6.45, 7) is 2.60. The van der Waals surface area contributed by atoms with Gasteiger partial charge in [-0.05, 0) is 25.7 Å². The monoisotopic (exact) mass is 393 g/mol. The number of nitrogens with zero attached hydrogens (tertiary/aromatic N) is 2. The minimum absolute atomic E-state index is 0.0932. The standard InChI is InChI=1S/C15H22F3N5O2S/c1-3-25-14(24)22-10(9-4-5-9)6-20-13(19-2)21-7-12-23-11(8-26-12)15(16,17)18/h8-10H,3-7H2,1-2H3,(H,22,24)(H2,19,20,21). The molecule has 0 spiro atoms. The summed E-state index contributed by atoms with van der Waals surface area (Å²) in [5, 5.41) is 10.1. The number of halogens is 3. The molecule has 1 aromatic heterocycles. The number of aliphatic imine (C=N–C) groups is 1. The van der Waals surface area contributed by atoms with Gasteiger partial charge in [0, 0.05) is 19.0 Å². The Morgan fingerprint density at radius 2 is 2.19 bits per heavy atom. The fraction of sp³-hybridized carbons (Fsp3) is 0.667. The molecule has 1 saturated carbocycles. The maximum absolute atomic E-state index is 12.6. The van der Waals surface area contributed by atoms with Gasteiger partial charge in [-0.3, -0.25) is 4.99 Å². The predicted molar refractivity (Wildman–Crippen MR) is 92.0 cm³/mol. The number of carbonyl (C=O) groups is 1. The second-order valence-corrected chi connectivity index (χ2v) is 6.68. The minimum atomic E-state index is -4.44. The first-order chi connectivity index (χ1) is 12.3. The van der Waals surface area contributed by atoms with Crippen molar-refractivity contribution >= 4 is 23.4 Å². The molecule has 1 atom stereocenters. The molecule has 1 amide bonds. The Hall–Kier alpha value is -2.04. The number of carbonyl (C=O) groups excluding carboxylic acids is 1. The number of hydrogen-bond acceptors (Lipinski definition) is 5. The van der Waals surface area contributed by atoms with Gasteiger partial charge in [0.25, 0.3) is 0 Å². The van der Waals surface area contributed by atoms with Crippen LogP contribution < -0.4 is 16.0 Å². The lowest BCUT2D eigenvalue weighted by molar-refractivity contribution is -0.140. The predicted octanol–water partition coefficient (Wildman–Crippen LogP) is 2.35. The Kier molecular flexibility index (Phi) is 7.06. The summed E-state index contributed by atoms with van der Waals surface area (Å²) < 4.78 is 42.6. The number of amides is 1. The Bertz CT molecular complexity index is 631. The lowest BCUT2D eigenvalue weighted by Gasteiger charge is -2.20. The van der Waals surface area contributed by atoms with E-state index in [0.29, 0.717) is 30.0 Å². The lowest BCUT2D eigenvalue weighted by atomic mass is 10.2. The van der Waals surface area contributed by atoms with Crippen molar-refractivity contribution in [2.45, 2.75) is 38.5 Å². The molecule has 26 heavy (non-hydrogen) atoms. The van der Waals surface area contributed by atoms with Crippen molar-refractivity contribution in [3.63, 3.8) is 0 Å². The van der Waals surface area contributed by atoms with E-state index in [0.717, 1.165) is 29.6 Å². The maximum atomic E-state index is 12.6. The number of thiazole rings is 1. The van der Waals surface area contributed by atoms with E-state index in [-0.39, 0.29) is 12.6 Å². The van der Waals surface area contributed by atoms with Crippen molar-refractivity contribution in [1.82, 2.24) is 20.9 Å². The number of nitrogens with one attached hydrogen (secondary N) is 3. The number of ether oxygens (including phenoxy) is 1. The van der Waals surface area contributed by atoms with Crippen molar-refractivity contribution in [2.75, 3.05) is 20.2 Å². The highest BCUT2D eigenvalue weighted by Gasteiger charge is 2.34. The molecule has 0 radical (unpaired) electrons. The van der Waals surface area contributed by atoms with E-state index in [2.05, 4.69) is 25.9 Å². The summed E-state index contributed by atoms with van der Waals surface area (Å²) in [5.74, 6) is 0.809. The van der Waals surface area contributed by atoms with Crippen LogP contribution in [-0.4, -0.2) is 43.3 Å². The van der Waals surface area contributed by atoms with Gasteiger partial charge in [-0.15, -0.1) is 11.3 Å². The zero-order valence-corrected chi connectivity index (χ0v) is 15.3. The highest BCUT2D eigenvalue weighted by molar-refractivity contribution is 7.09. The number of aromatic nitrogens is 1. The highest BCUT2D eigenvalue weighted by atomic mass is 32.1. The molecule has 1 aliphatic carbocycles. The first kappa shape index (κ1) is 20.3. The molecule has 7 nitrogen and oxygen atoms in total. The quantitative estimate of drug-likeness (QED) is 0.489. The average molecular weight is 393 g/mol. The van der Waals surface area contributed by atoms with Gasteiger partial charge >= 0.3 is 12.3 Å². The molecule has 1 aliphatic rings. The largest absolute Gasteiger partial charge is 0.450 e. The van der Waals surface area contributed by atoms with Gasteiger partial charge in [0.2, 0.25) is 0 Å². The first-order valence-electron chi connectivity index (χ1n) is 8.22. The van der Waals surface area contributed by atoms with Crippen LogP contribution in [0.4, 0.5) is 18.0 Å². The molecule has 0 aliphatic heterocycles. The molecule has 1 aromatic rings. The van der Waals surface area contributed by atoms with Crippen molar-refractivity contribution in [3.05, 3.63) is 16.1 Å². The molecule has 0 bridgehead atoms. The van der Waals surface area contributed by atoms with Gasteiger partial charge in [-0.2, -0.15) is 13.2 Å². The molecule has 1 fully saturated rings. The Labute approximate surface area is 153 Å². The van der Waals surface area contributed by atoms with Crippen LogP contribution in [0, 0.1) is 5.92 Å². The first-order valence-corrected chi connectivity index (χ1v) is 9.10. The number of rotatable bonds is 7. The molecule has 146 valence electrons. The average Bonchev–Trinajstić information content (AvgIpc) is 3.30. The van der Waals surface area contributed by atoms with E-state index >= 15 is 0 Å². The van der Waals surface area contributed by atoms with Crippen molar-refractivity contribution < 1.29 is 22.7 Å². The van der Waals surface area contributed by atoms with Gasteiger partial charge < -0.3 is 20.7 Å². The Balaban J connectivity index is 1.81. The number of alkyl halides is 3. The summed E-state index contributed by atoms with van der Waals surface area (Å²) in [6.07, 6.45) is -2.84. The van der Waals surface area contributed by atoms with E-state index in [1.807, 2.05) is 0 Å². The number of alkyl carbamates (subject to hydrolysis) is 1. The van der Waals surface area contributed by atoms with Crippen LogP contribution in [-0.2, 0) is 17.5 Å². The molecule has 0 aromatic carbocycles. The van der Waals surface area contributed by atoms with Gasteiger partial charge in [-0.1, -0.05) is 0 Å². The normalized spacial score (nSPS) is 16.1. The van der Waals surface area contributed by atoms with E-state index in [1.54, 1.807) is 14.0 Å². The van der Waals surface area contributed by atoms with Crippen LogP contribution in [0.1, 0.15) is 30.5 Å². The third-order valence-electron chi connectivity index (χ3n) is 3.73. The lowest BCUT2D eigenvalue weighted by Crippen LogP contribution is -2.48. The summed E-state index contributed by atoms with van der Waals surface area (Å²) in [4.78, 5) is 19.2. The molecule has 1 heterocycles. The molecule has 2 rings (SSSR count). The van der Waals surface area contributed by atoms with Gasteiger partial charge in [0.1, 0.15) is 5.01 Å². The fourth-order valence-corrected chi connectivity index (χ4v) is 3.01. The van der Waals surface area contributed by atoms with E-state index in [4.69, 9.17) is 4.74 Å². The summed E-state index contributed by atoms with van der Waals surface area (Å²) >= 11 is 0.932. The Morgan fingerprint density at radius 1 is 1.46 bits per heavy atom. The number of guanidine groups is 1. The van der Waals surface area contributed by atoms with Crippen LogP contribution >= 0.6 is 11.3 Å². The van der Waals surface area contributed by atoms with Crippen molar-refractivity contribution in [1.29, 1.82) is 0 Å². The summed E-state index contributed by atoms with van der Waals surface area (Å²) in [5.41, 5.74) is -0.894. The molecule has 1 unspecified atom stereocenters.